The van der Waals surface area contributed by atoms with Gasteiger partial charge in [0.1, 0.15) is 0 Å². The quantitative estimate of drug-likeness (QED) is 0.600. The molecule has 1 atom stereocenters. The Morgan fingerprint density at radius 3 is 2.85 bits per heavy atom. The third kappa shape index (κ3) is 5.06. The van der Waals surface area contributed by atoms with Crippen molar-refractivity contribution < 1.29 is 0 Å². The summed E-state index contributed by atoms with van der Waals surface area (Å²) in [6.07, 6.45) is 4.73. The maximum atomic E-state index is 3.73. The van der Waals surface area contributed by atoms with E-state index in [-0.39, 0.29) is 0 Å². The predicted octanol–water partition coefficient (Wildman–Crippen LogP) is 1.49. The Balaban J connectivity index is 2.00. The number of rotatable bonds is 7. The molecule has 2 heteroatoms. The zero-order valence-corrected chi connectivity index (χ0v) is 8.92. The van der Waals surface area contributed by atoms with Crippen LogP contribution in [0.3, 0.4) is 0 Å². The van der Waals surface area contributed by atoms with E-state index in [1.165, 1.54) is 12.8 Å². The molecule has 0 aromatic rings. The molecule has 0 aliphatic heterocycles. The minimum Gasteiger partial charge on any atom is -0.314 e. The fourth-order valence-corrected chi connectivity index (χ4v) is 1.55. The van der Waals surface area contributed by atoms with E-state index in [0.29, 0.717) is 0 Å². The Bertz CT molecular complexity index is 152. The number of hydrogen-bond donors (Lipinski definition) is 1. The highest BCUT2D eigenvalue weighted by atomic mass is 15.1. The fourth-order valence-electron chi connectivity index (χ4n) is 1.55. The summed E-state index contributed by atoms with van der Waals surface area (Å²) in [7, 11) is 2.15. The molecule has 1 aliphatic rings. The highest BCUT2D eigenvalue weighted by molar-refractivity contribution is 4.82. The molecule has 1 N–H and O–H groups in total. The van der Waals surface area contributed by atoms with Crippen LogP contribution in [0.4, 0.5) is 0 Å². The summed E-state index contributed by atoms with van der Waals surface area (Å²) in [5, 5.41) is 3.55. The van der Waals surface area contributed by atoms with Gasteiger partial charge in [0, 0.05) is 19.1 Å². The van der Waals surface area contributed by atoms with Crippen LogP contribution in [-0.2, 0) is 0 Å². The van der Waals surface area contributed by atoms with Crippen molar-refractivity contribution >= 4 is 0 Å². The topological polar surface area (TPSA) is 15.3 Å². The van der Waals surface area contributed by atoms with Gasteiger partial charge in [-0.3, -0.25) is 0 Å². The van der Waals surface area contributed by atoms with Gasteiger partial charge in [-0.1, -0.05) is 13.0 Å². The van der Waals surface area contributed by atoms with E-state index in [2.05, 4.69) is 30.8 Å². The summed E-state index contributed by atoms with van der Waals surface area (Å²) >= 11 is 0. The SMILES string of the molecule is C=CCN(C)CC(C)CNC1CC1. The first-order chi connectivity index (χ1) is 6.22. The Hall–Kier alpha value is -0.340. The van der Waals surface area contributed by atoms with Crippen LogP contribution in [0.1, 0.15) is 19.8 Å². The molecule has 0 amide bonds. The van der Waals surface area contributed by atoms with Gasteiger partial charge in [0.15, 0.2) is 0 Å². The zero-order valence-electron chi connectivity index (χ0n) is 8.92. The number of likely N-dealkylation sites (N-methyl/N-ethyl adjacent to an activating group) is 1. The molecule has 0 heterocycles. The second-order valence-electron chi connectivity index (χ2n) is 4.30. The number of hydrogen-bond acceptors (Lipinski definition) is 2. The number of nitrogens with one attached hydrogen (secondary N) is 1. The van der Waals surface area contributed by atoms with Gasteiger partial charge in [0.2, 0.25) is 0 Å². The molecular formula is C11H22N2. The Morgan fingerprint density at radius 1 is 1.62 bits per heavy atom. The van der Waals surface area contributed by atoms with Crippen molar-refractivity contribution in [2.75, 3.05) is 26.7 Å². The fraction of sp³-hybridized carbons (Fsp3) is 0.818. The van der Waals surface area contributed by atoms with Gasteiger partial charge in [0.05, 0.1) is 0 Å². The van der Waals surface area contributed by atoms with E-state index in [9.17, 15) is 0 Å². The second-order valence-corrected chi connectivity index (χ2v) is 4.30. The van der Waals surface area contributed by atoms with E-state index in [4.69, 9.17) is 0 Å². The molecule has 2 nitrogen and oxygen atoms in total. The van der Waals surface area contributed by atoms with E-state index in [0.717, 1.165) is 31.6 Å². The molecule has 0 spiro atoms. The van der Waals surface area contributed by atoms with Crippen LogP contribution < -0.4 is 5.32 Å². The number of nitrogens with zero attached hydrogens (tertiary/aromatic N) is 1. The highest BCUT2D eigenvalue weighted by Crippen LogP contribution is 2.18. The lowest BCUT2D eigenvalue weighted by Gasteiger charge is -2.20. The molecule has 1 saturated carbocycles. The third-order valence-electron chi connectivity index (χ3n) is 2.40. The lowest BCUT2D eigenvalue weighted by atomic mass is 10.1. The van der Waals surface area contributed by atoms with E-state index >= 15 is 0 Å². The van der Waals surface area contributed by atoms with Gasteiger partial charge < -0.3 is 10.2 Å². The van der Waals surface area contributed by atoms with Gasteiger partial charge in [-0.15, -0.1) is 6.58 Å². The lowest BCUT2D eigenvalue weighted by molar-refractivity contribution is 0.305. The van der Waals surface area contributed by atoms with Gasteiger partial charge in [-0.25, -0.2) is 0 Å². The molecule has 1 aliphatic carbocycles. The average Bonchev–Trinajstić information content (AvgIpc) is 2.84. The smallest absolute Gasteiger partial charge is 0.0157 e. The van der Waals surface area contributed by atoms with Crippen LogP contribution in [0, 0.1) is 5.92 Å². The molecule has 76 valence electrons. The van der Waals surface area contributed by atoms with Crippen molar-refractivity contribution in [3.63, 3.8) is 0 Å². The van der Waals surface area contributed by atoms with E-state index < -0.39 is 0 Å². The van der Waals surface area contributed by atoms with Crippen molar-refractivity contribution in [3.05, 3.63) is 12.7 Å². The Labute approximate surface area is 82.0 Å². The van der Waals surface area contributed by atoms with Crippen molar-refractivity contribution in [1.29, 1.82) is 0 Å². The van der Waals surface area contributed by atoms with Gasteiger partial charge in [-0.2, -0.15) is 0 Å². The van der Waals surface area contributed by atoms with Crippen LogP contribution in [0.5, 0.6) is 0 Å². The summed E-state index contributed by atoms with van der Waals surface area (Å²) < 4.78 is 0. The molecule has 1 unspecified atom stereocenters. The van der Waals surface area contributed by atoms with Crippen LogP contribution in [0.15, 0.2) is 12.7 Å². The minimum absolute atomic E-state index is 0.741. The first kappa shape index (κ1) is 10.7. The van der Waals surface area contributed by atoms with Crippen LogP contribution in [-0.4, -0.2) is 37.6 Å². The van der Waals surface area contributed by atoms with E-state index in [1.807, 2.05) is 6.08 Å². The summed E-state index contributed by atoms with van der Waals surface area (Å²) in [4.78, 5) is 2.31. The van der Waals surface area contributed by atoms with Crippen molar-refractivity contribution in [3.8, 4) is 0 Å². The molecule has 1 fully saturated rings. The van der Waals surface area contributed by atoms with Crippen molar-refractivity contribution in [2.24, 2.45) is 5.92 Å². The summed E-state index contributed by atoms with van der Waals surface area (Å²) in [6.45, 7) is 9.35. The normalized spacial score (nSPS) is 19.0. The second kappa shape index (κ2) is 5.40. The van der Waals surface area contributed by atoms with Crippen molar-refractivity contribution in [2.45, 2.75) is 25.8 Å². The molecule has 0 saturated heterocycles. The van der Waals surface area contributed by atoms with Crippen LogP contribution in [0.2, 0.25) is 0 Å². The highest BCUT2D eigenvalue weighted by Gasteiger charge is 2.20. The van der Waals surface area contributed by atoms with Crippen molar-refractivity contribution in [1.82, 2.24) is 10.2 Å². The summed E-state index contributed by atoms with van der Waals surface area (Å²) in [5.41, 5.74) is 0. The Kier molecular flexibility index (Phi) is 4.46. The van der Waals surface area contributed by atoms with Crippen LogP contribution >= 0.6 is 0 Å². The first-order valence-electron chi connectivity index (χ1n) is 5.25. The predicted molar refractivity (Wildman–Crippen MR) is 57.9 cm³/mol. The standard InChI is InChI=1S/C11H22N2/c1-4-7-13(3)9-10(2)8-12-11-5-6-11/h4,10-12H,1,5-9H2,2-3H3. The Morgan fingerprint density at radius 2 is 2.31 bits per heavy atom. The average molecular weight is 182 g/mol. The van der Waals surface area contributed by atoms with Gasteiger partial charge in [-0.05, 0) is 32.4 Å². The lowest BCUT2D eigenvalue weighted by Crippen LogP contribution is -2.31. The molecule has 0 radical (unpaired) electrons. The first-order valence-corrected chi connectivity index (χ1v) is 5.25. The van der Waals surface area contributed by atoms with E-state index in [1.54, 1.807) is 0 Å². The van der Waals surface area contributed by atoms with Gasteiger partial charge >= 0.3 is 0 Å². The monoisotopic (exact) mass is 182 g/mol. The third-order valence-corrected chi connectivity index (χ3v) is 2.40. The molecule has 0 bridgehead atoms. The molecule has 0 aromatic carbocycles. The largest absolute Gasteiger partial charge is 0.314 e. The van der Waals surface area contributed by atoms with Crippen LogP contribution in [0.25, 0.3) is 0 Å². The maximum absolute atomic E-state index is 3.73. The molecule has 1 rings (SSSR count). The summed E-state index contributed by atoms with van der Waals surface area (Å²) in [5.74, 6) is 0.741. The van der Waals surface area contributed by atoms with Gasteiger partial charge in [0.25, 0.3) is 0 Å². The minimum atomic E-state index is 0.741. The molecule has 13 heavy (non-hydrogen) atoms. The zero-order chi connectivity index (χ0) is 9.68. The molecular weight excluding hydrogens is 160 g/mol. The molecule has 0 aromatic heterocycles. The summed E-state index contributed by atoms with van der Waals surface area (Å²) in [6, 6.07) is 0.840. The maximum Gasteiger partial charge on any atom is 0.0157 e.